The highest BCUT2D eigenvalue weighted by molar-refractivity contribution is 6.31. The number of nitrogens with one attached hydrogen (secondary N) is 1. The van der Waals surface area contributed by atoms with Crippen molar-refractivity contribution in [3.05, 3.63) is 70.2 Å². The Bertz CT molecular complexity index is 751. The molecule has 0 saturated carbocycles. The molecule has 1 aliphatic heterocycles. The summed E-state index contributed by atoms with van der Waals surface area (Å²) in [4.78, 5) is 15.1. The van der Waals surface area contributed by atoms with Crippen LogP contribution in [-0.4, -0.2) is 23.9 Å². The normalized spacial score (nSPS) is 16.9. The molecule has 0 unspecified atom stereocenters. The zero-order valence-electron chi connectivity index (χ0n) is 16.2. The first-order valence-electron chi connectivity index (χ1n) is 9.91. The second-order valence-electron chi connectivity index (χ2n) is 7.47. The second-order valence-corrected chi connectivity index (χ2v) is 7.87. The van der Waals surface area contributed by atoms with Gasteiger partial charge in [-0.25, -0.2) is 0 Å². The minimum absolute atomic E-state index is 0.0459. The van der Waals surface area contributed by atoms with Crippen LogP contribution in [0.3, 0.4) is 0 Å². The van der Waals surface area contributed by atoms with Gasteiger partial charge in [0.25, 0.3) is 0 Å². The van der Waals surface area contributed by atoms with Crippen molar-refractivity contribution in [1.82, 2.24) is 10.2 Å². The predicted molar refractivity (Wildman–Crippen MR) is 112 cm³/mol. The lowest BCUT2D eigenvalue weighted by molar-refractivity contribution is -0.127. The molecule has 0 spiro atoms. The van der Waals surface area contributed by atoms with Crippen LogP contribution in [-0.2, 0) is 17.8 Å². The van der Waals surface area contributed by atoms with Gasteiger partial charge in [0, 0.05) is 17.5 Å². The van der Waals surface area contributed by atoms with Gasteiger partial charge in [0.05, 0.1) is 6.04 Å². The smallest absolute Gasteiger partial charge is 0.223 e. The molecule has 1 N–H and O–H groups in total. The molecule has 0 aromatic heterocycles. The molecule has 4 heteroatoms. The van der Waals surface area contributed by atoms with Crippen molar-refractivity contribution < 1.29 is 4.79 Å². The van der Waals surface area contributed by atoms with Crippen LogP contribution in [0.25, 0.3) is 0 Å². The zero-order valence-corrected chi connectivity index (χ0v) is 17.0. The minimum Gasteiger partial charge on any atom is -0.349 e. The third-order valence-electron chi connectivity index (χ3n) is 5.56. The van der Waals surface area contributed by atoms with Crippen molar-refractivity contribution in [2.24, 2.45) is 5.92 Å². The fourth-order valence-corrected chi connectivity index (χ4v) is 3.87. The van der Waals surface area contributed by atoms with E-state index < -0.39 is 0 Å². The summed E-state index contributed by atoms with van der Waals surface area (Å²) < 4.78 is 0. The molecule has 0 radical (unpaired) electrons. The number of carbonyl (C=O) groups is 1. The molecule has 2 aromatic rings. The maximum absolute atomic E-state index is 12.7. The number of piperidine rings is 1. The molecular formula is C23H29ClN2O. The summed E-state index contributed by atoms with van der Waals surface area (Å²) in [6.45, 7) is 6.93. The Kier molecular flexibility index (Phi) is 6.92. The lowest BCUT2D eigenvalue weighted by atomic mass is 9.94. The molecule has 2 aromatic carbocycles. The maximum atomic E-state index is 12.7. The van der Waals surface area contributed by atoms with Crippen molar-refractivity contribution in [3.8, 4) is 0 Å². The summed E-state index contributed by atoms with van der Waals surface area (Å²) in [6, 6.07) is 16.6. The number of hydrogen-bond donors (Lipinski definition) is 1. The first kappa shape index (κ1) is 19.9. The average Bonchev–Trinajstić information content (AvgIpc) is 2.70. The van der Waals surface area contributed by atoms with Crippen molar-refractivity contribution in [2.75, 3.05) is 13.1 Å². The molecular weight excluding hydrogens is 356 g/mol. The van der Waals surface area contributed by atoms with E-state index >= 15 is 0 Å². The SMILES string of the molecule is CCc1ccc([C@@H](C)NC(=O)C2CCN(Cc3ccccc3Cl)CC2)cc1. The van der Waals surface area contributed by atoms with Crippen LogP contribution < -0.4 is 5.32 Å². The van der Waals surface area contributed by atoms with E-state index in [1.165, 1.54) is 5.56 Å². The highest BCUT2D eigenvalue weighted by atomic mass is 35.5. The summed E-state index contributed by atoms with van der Waals surface area (Å²) >= 11 is 6.27. The van der Waals surface area contributed by atoms with Gasteiger partial charge in [0.15, 0.2) is 0 Å². The van der Waals surface area contributed by atoms with Crippen LogP contribution in [0.4, 0.5) is 0 Å². The van der Waals surface area contributed by atoms with Crippen molar-refractivity contribution >= 4 is 17.5 Å². The Morgan fingerprint density at radius 2 is 1.81 bits per heavy atom. The number of rotatable bonds is 6. The van der Waals surface area contributed by atoms with E-state index in [0.717, 1.165) is 55.0 Å². The maximum Gasteiger partial charge on any atom is 0.223 e. The standard InChI is InChI=1S/C23H29ClN2O/c1-3-18-8-10-19(11-9-18)17(2)25-23(27)20-12-14-26(15-13-20)16-21-6-4-5-7-22(21)24/h4-11,17,20H,3,12-16H2,1-2H3,(H,25,27)/t17-/m1/s1. The van der Waals surface area contributed by atoms with E-state index in [2.05, 4.69) is 54.4 Å². The number of halogens is 1. The number of aryl methyl sites for hydroxylation is 1. The molecule has 1 amide bonds. The highest BCUT2D eigenvalue weighted by Gasteiger charge is 2.26. The van der Waals surface area contributed by atoms with Crippen LogP contribution in [0.15, 0.2) is 48.5 Å². The topological polar surface area (TPSA) is 32.3 Å². The van der Waals surface area contributed by atoms with Gasteiger partial charge in [-0.3, -0.25) is 9.69 Å². The molecule has 3 rings (SSSR count). The number of carbonyl (C=O) groups excluding carboxylic acids is 1. The lowest BCUT2D eigenvalue weighted by Crippen LogP contribution is -2.40. The fourth-order valence-electron chi connectivity index (χ4n) is 3.68. The monoisotopic (exact) mass is 384 g/mol. The zero-order chi connectivity index (χ0) is 19.2. The number of benzene rings is 2. The predicted octanol–water partition coefficient (Wildman–Crippen LogP) is 4.99. The summed E-state index contributed by atoms with van der Waals surface area (Å²) in [5.74, 6) is 0.282. The highest BCUT2D eigenvalue weighted by Crippen LogP contribution is 2.23. The third kappa shape index (κ3) is 5.33. The number of hydrogen-bond acceptors (Lipinski definition) is 2. The minimum atomic E-state index is 0.0459. The van der Waals surface area contributed by atoms with Gasteiger partial charge in [0.2, 0.25) is 5.91 Å². The summed E-state index contributed by atoms with van der Waals surface area (Å²) in [5.41, 5.74) is 3.64. The molecule has 0 aliphatic carbocycles. The quantitative estimate of drug-likeness (QED) is 0.760. The van der Waals surface area contributed by atoms with E-state index in [0.29, 0.717) is 0 Å². The summed E-state index contributed by atoms with van der Waals surface area (Å²) in [6.07, 6.45) is 2.84. The summed E-state index contributed by atoms with van der Waals surface area (Å²) in [7, 11) is 0. The molecule has 1 saturated heterocycles. The fraction of sp³-hybridized carbons (Fsp3) is 0.435. The van der Waals surface area contributed by atoms with Gasteiger partial charge >= 0.3 is 0 Å². The molecule has 1 fully saturated rings. The molecule has 144 valence electrons. The van der Waals surface area contributed by atoms with Gasteiger partial charge < -0.3 is 5.32 Å². The van der Waals surface area contributed by atoms with Crippen molar-refractivity contribution in [3.63, 3.8) is 0 Å². The van der Waals surface area contributed by atoms with Gasteiger partial charge in [-0.1, -0.05) is 61.0 Å². The second kappa shape index (κ2) is 9.38. The molecule has 27 heavy (non-hydrogen) atoms. The van der Waals surface area contributed by atoms with E-state index in [-0.39, 0.29) is 17.9 Å². The van der Waals surface area contributed by atoms with Crippen LogP contribution >= 0.6 is 11.6 Å². The Morgan fingerprint density at radius 1 is 1.15 bits per heavy atom. The van der Waals surface area contributed by atoms with Gasteiger partial charge in [-0.2, -0.15) is 0 Å². The van der Waals surface area contributed by atoms with Crippen LogP contribution in [0.5, 0.6) is 0 Å². The molecule has 0 bridgehead atoms. The van der Waals surface area contributed by atoms with Gasteiger partial charge in [-0.05, 0) is 62.0 Å². The van der Waals surface area contributed by atoms with Crippen LogP contribution in [0, 0.1) is 5.92 Å². The van der Waals surface area contributed by atoms with Crippen molar-refractivity contribution in [1.29, 1.82) is 0 Å². The van der Waals surface area contributed by atoms with Crippen molar-refractivity contribution in [2.45, 2.75) is 45.7 Å². The Morgan fingerprint density at radius 3 is 2.44 bits per heavy atom. The van der Waals surface area contributed by atoms with Crippen LogP contribution in [0.2, 0.25) is 5.02 Å². The molecule has 3 nitrogen and oxygen atoms in total. The van der Waals surface area contributed by atoms with Gasteiger partial charge in [-0.15, -0.1) is 0 Å². The molecule has 1 atom stereocenters. The van der Waals surface area contributed by atoms with Crippen LogP contribution in [0.1, 0.15) is 49.4 Å². The lowest BCUT2D eigenvalue weighted by Gasteiger charge is -2.32. The third-order valence-corrected chi connectivity index (χ3v) is 5.93. The molecule has 1 aliphatic rings. The van der Waals surface area contributed by atoms with E-state index in [1.54, 1.807) is 0 Å². The largest absolute Gasteiger partial charge is 0.349 e. The number of likely N-dealkylation sites (tertiary alicyclic amines) is 1. The Labute approximate surface area is 167 Å². The van der Waals surface area contributed by atoms with Gasteiger partial charge in [0.1, 0.15) is 0 Å². The Balaban J connectivity index is 1.48. The molecule has 1 heterocycles. The summed E-state index contributed by atoms with van der Waals surface area (Å²) in [5, 5.41) is 4.02. The van der Waals surface area contributed by atoms with E-state index in [9.17, 15) is 4.79 Å². The van der Waals surface area contributed by atoms with E-state index in [4.69, 9.17) is 11.6 Å². The number of nitrogens with zero attached hydrogens (tertiary/aromatic N) is 1. The first-order chi connectivity index (χ1) is 13.1. The van der Waals surface area contributed by atoms with E-state index in [1.807, 2.05) is 18.2 Å². The first-order valence-corrected chi connectivity index (χ1v) is 10.3. The number of amides is 1. The average molecular weight is 385 g/mol. The Hall–Kier alpha value is -1.84.